The molecule has 148 valence electrons. The Morgan fingerprint density at radius 3 is 2.43 bits per heavy atom. The van der Waals surface area contributed by atoms with Crippen LogP contribution in [0.2, 0.25) is 10.0 Å². The number of aromatic nitrogens is 2. The predicted octanol–water partition coefficient (Wildman–Crippen LogP) is 6.52. The highest BCUT2D eigenvalue weighted by Gasteiger charge is 2.26. The van der Waals surface area contributed by atoms with E-state index in [1.807, 2.05) is 28.9 Å². The van der Waals surface area contributed by atoms with Crippen molar-refractivity contribution >= 4 is 28.9 Å². The van der Waals surface area contributed by atoms with Gasteiger partial charge in [0.05, 0.1) is 32.0 Å². The first-order valence-electron chi connectivity index (χ1n) is 9.43. The zero-order chi connectivity index (χ0) is 20.8. The standard InChI is InChI=1S/C23H15Cl2N3O2/c24-19-11-5-15(13-20(19)25)23-22-18-4-2-1-3-14(18)6-12-21(22)26-27(23)16-7-9-17(10-8-16)28(29)30/h1-5,7-11,13H,6,12H2. The zero-order valence-electron chi connectivity index (χ0n) is 15.7. The minimum absolute atomic E-state index is 0.0390. The van der Waals surface area contributed by atoms with E-state index in [1.54, 1.807) is 18.2 Å². The molecule has 0 amide bonds. The molecule has 1 heterocycles. The smallest absolute Gasteiger partial charge is 0.258 e. The molecule has 3 aromatic carbocycles. The first kappa shape index (κ1) is 18.9. The van der Waals surface area contributed by atoms with Crippen LogP contribution in [0.25, 0.3) is 28.1 Å². The van der Waals surface area contributed by atoms with E-state index in [2.05, 4.69) is 12.1 Å². The van der Waals surface area contributed by atoms with E-state index in [0.717, 1.165) is 46.6 Å². The van der Waals surface area contributed by atoms with Crippen LogP contribution in [0, 0.1) is 10.1 Å². The molecule has 0 spiro atoms. The van der Waals surface area contributed by atoms with Gasteiger partial charge in [0.25, 0.3) is 5.69 Å². The van der Waals surface area contributed by atoms with Crippen LogP contribution in [0.3, 0.4) is 0 Å². The quantitative estimate of drug-likeness (QED) is 0.271. The minimum Gasteiger partial charge on any atom is -0.258 e. The summed E-state index contributed by atoms with van der Waals surface area (Å²) >= 11 is 12.5. The van der Waals surface area contributed by atoms with Gasteiger partial charge in [-0.15, -0.1) is 0 Å². The first-order chi connectivity index (χ1) is 14.5. The monoisotopic (exact) mass is 435 g/mol. The number of nitrogens with zero attached hydrogens (tertiary/aromatic N) is 3. The van der Waals surface area contributed by atoms with Crippen molar-refractivity contribution in [2.45, 2.75) is 12.8 Å². The lowest BCUT2D eigenvalue weighted by atomic mass is 9.87. The summed E-state index contributed by atoms with van der Waals surface area (Å²) in [7, 11) is 0. The third-order valence-corrected chi connectivity index (χ3v) is 6.11. The number of rotatable bonds is 3. The third kappa shape index (κ3) is 3.07. The number of hydrogen-bond donors (Lipinski definition) is 0. The van der Waals surface area contributed by atoms with Crippen LogP contribution in [0.1, 0.15) is 11.3 Å². The summed E-state index contributed by atoms with van der Waals surface area (Å²) in [6.07, 6.45) is 1.74. The fourth-order valence-corrected chi connectivity index (χ4v) is 4.27. The van der Waals surface area contributed by atoms with Gasteiger partial charge in [-0.2, -0.15) is 5.10 Å². The molecular weight excluding hydrogens is 421 g/mol. The van der Waals surface area contributed by atoms with Crippen molar-refractivity contribution in [3.8, 4) is 28.1 Å². The van der Waals surface area contributed by atoms with Crippen molar-refractivity contribution in [2.75, 3.05) is 0 Å². The van der Waals surface area contributed by atoms with Crippen LogP contribution in [-0.2, 0) is 12.8 Å². The molecule has 0 saturated heterocycles. The Kier molecular flexibility index (Phi) is 4.57. The number of hydrogen-bond acceptors (Lipinski definition) is 3. The second kappa shape index (κ2) is 7.27. The molecule has 0 aliphatic heterocycles. The highest BCUT2D eigenvalue weighted by molar-refractivity contribution is 6.42. The predicted molar refractivity (Wildman–Crippen MR) is 119 cm³/mol. The van der Waals surface area contributed by atoms with Crippen LogP contribution in [0.5, 0.6) is 0 Å². The Morgan fingerprint density at radius 2 is 1.70 bits per heavy atom. The van der Waals surface area contributed by atoms with Crippen LogP contribution < -0.4 is 0 Å². The average molecular weight is 436 g/mol. The molecule has 0 bridgehead atoms. The Balaban J connectivity index is 1.79. The van der Waals surface area contributed by atoms with E-state index in [1.165, 1.54) is 17.7 Å². The van der Waals surface area contributed by atoms with Crippen LogP contribution >= 0.6 is 23.2 Å². The van der Waals surface area contributed by atoms with Gasteiger partial charge >= 0.3 is 0 Å². The molecule has 1 aliphatic carbocycles. The summed E-state index contributed by atoms with van der Waals surface area (Å²) in [4.78, 5) is 10.7. The fourth-order valence-electron chi connectivity index (χ4n) is 3.97. The number of fused-ring (bicyclic) bond motifs is 3. The van der Waals surface area contributed by atoms with E-state index >= 15 is 0 Å². The largest absolute Gasteiger partial charge is 0.269 e. The average Bonchev–Trinajstić information content (AvgIpc) is 3.16. The summed E-state index contributed by atoms with van der Waals surface area (Å²) in [5.74, 6) is 0. The first-order valence-corrected chi connectivity index (χ1v) is 10.2. The van der Waals surface area contributed by atoms with Crippen molar-refractivity contribution in [3.63, 3.8) is 0 Å². The molecule has 0 fully saturated rings. The SMILES string of the molecule is O=[N+]([O-])c1ccc(-n2nc3c(c2-c2ccc(Cl)c(Cl)c2)-c2ccccc2CC3)cc1. The summed E-state index contributed by atoms with van der Waals surface area (Å²) in [5.41, 5.74) is 7.03. The molecule has 30 heavy (non-hydrogen) atoms. The lowest BCUT2D eigenvalue weighted by molar-refractivity contribution is -0.384. The second-order valence-electron chi connectivity index (χ2n) is 7.14. The number of nitro groups is 1. The summed E-state index contributed by atoms with van der Waals surface area (Å²) < 4.78 is 1.84. The van der Waals surface area contributed by atoms with Crippen molar-refractivity contribution in [1.82, 2.24) is 9.78 Å². The number of benzene rings is 3. The number of halogens is 2. The van der Waals surface area contributed by atoms with E-state index in [9.17, 15) is 10.1 Å². The van der Waals surface area contributed by atoms with Gasteiger partial charge in [0.2, 0.25) is 0 Å². The van der Waals surface area contributed by atoms with E-state index in [-0.39, 0.29) is 5.69 Å². The summed E-state index contributed by atoms with van der Waals surface area (Å²) in [6.45, 7) is 0. The topological polar surface area (TPSA) is 61.0 Å². The van der Waals surface area contributed by atoms with Crippen molar-refractivity contribution in [1.29, 1.82) is 0 Å². The maximum absolute atomic E-state index is 11.1. The lowest BCUT2D eigenvalue weighted by Gasteiger charge is -2.17. The molecule has 0 radical (unpaired) electrons. The number of non-ortho nitro benzene ring substituents is 1. The molecule has 0 unspecified atom stereocenters. The Hall–Kier alpha value is -3.15. The minimum atomic E-state index is -0.409. The van der Waals surface area contributed by atoms with Crippen molar-refractivity contribution in [3.05, 3.63) is 98.1 Å². The molecule has 0 N–H and O–H groups in total. The molecule has 4 aromatic rings. The summed E-state index contributed by atoms with van der Waals surface area (Å²) in [5, 5.41) is 16.9. The van der Waals surface area contributed by atoms with Gasteiger partial charge in [-0.1, -0.05) is 53.5 Å². The van der Waals surface area contributed by atoms with Gasteiger partial charge in [-0.3, -0.25) is 10.1 Å². The molecule has 5 nitrogen and oxygen atoms in total. The van der Waals surface area contributed by atoms with E-state index in [0.29, 0.717) is 10.0 Å². The van der Waals surface area contributed by atoms with Crippen LogP contribution in [-0.4, -0.2) is 14.7 Å². The zero-order valence-corrected chi connectivity index (χ0v) is 17.2. The molecule has 1 aliphatic rings. The molecule has 0 saturated carbocycles. The maximum Gasteiger partial charge on any atom is 0.269 e. The van der Waals surface area contributed by atoms with Gasteiger partial charge in [0.1, 0.15) is 0 Å². The van der Waals surface area contributed by atoms with Gasteiger partial charge in [-0.25, -0.2) is 4.68 Å². The summed E-state index contributed by atoms with van der Waals surface area (Å²) in [6, 6.07) is 20.2. The van der Waals surface area contributed by atoms with Crippen LogP contribution in [0.4, 0.5) is 5.69 Å². The Bertz CT molecular complexity index is 1300. The lowest BCUT2D eigenvalue weighted by Crippen LogP contribution is -2.03. The van der Waals surface area contributed by atoms with E-state index in [4.69, 9.17) is 28.3 Å². The van der Waals surface area contributed by atoms with Gasteiger partial charge < -0.3 is 0 Å². The highest BCUT2D eigenvalue weighted by Crippen LogP contribution is 2.42. The van der Waals surface area contributed by atoms with Crippen molar-refractivity contribution < 1.29 is 4.92 Å². The van der Waals surface area contributed by atoms with Crippen LogP contribution in [0.15, 0.2) is 66.7 Å². The van der Waals surface area contributed by atoms with Gasteiger partial charge in [-0.05, 0) is 48.2 Å². The maximum atomic E-state index is 11.1. The number of aryl methyl sites for hydroxylation is 2. The Morgan fingerprint density at radius 1 is 0.933 bits per heavy atom. The fraction of sp³-hybridized carbons (Fsp3) is 0.0870. The normalized spacial score (nSPS) is 12.3. The van der Waals surface area contributed by atoms with E-state index < -0.39 is 4.92 Å². The van der Waals surface area contributed by atoms with Gasteiger partial charge in [0, 0.05) is 23.3 Å². The highest BCUT2D eigenvalue weighted by atomic mass is 35.5. The second-order valence-corrected chi connectivity index (χ2v) is 7.96. The van der Waals surface area contributed by atoms with Crippen molar-refractivity contribution in [2.24, 2.45) is 0 Å². The molecule has 5 rings (SSSR count). The Labute approximate surface area is 182 Å². The molecule has 0 atom stereocenters. The molecule has 1 aromatic heterocycles. The number of nitro benzene ring substituents is 1. The third-order valence-electron chi connectivity index (χ3n) is 5.37. The van der Waals surface area contributed by atoms with Gasteiger partial charge in [0.15, 0.2) is 0 Å². The molecule has 7 heteroatoms. The molecular formula is C23H15Cl2N3O2.